The van der Waals surface area contributed by atoms with Crippen LogP contribution in [-0.2, 0) is 17.7 Å². The Morgan fingerprint density at radius 1 is 1.21 bits per heavy atom. The van der Waals surface area contributed by atoms with Gasteiger partial charge in [-0.3, -0.25) is 4.79 Å². The summed E-state index contributed by atoms with van der Waals surface area (Å²) in [6, 6.07) is 11.8. The van der Waals surface area contributed by atoms with E-state index in [1.54, 1.807) is 19.2 Å². The molecule has 24 heavy (non-hydrogen) atoms. The largest absolute Gasteiger partial charge is 0.385 e. The van der Waals surface area contributed by atoms with Crippen LogP contribution < -0.4 is 5.32 Å². The highest BCUT2D eigenvalue weighted by molar-refractivity contribution is 5.92. The van der Waals surface area contributed by atoms with Crippen molar-refractivity contribution in [2.45, 2.75) is 19.4 Å². The van der Waals surface area contributed by atoms with Crippen LogP contribution in [0.2, 0.25) is 0 Å². The lowest BCUT2D eigenvalue weighted by Gasteiger charge is -2.28. The van der Waals surface area contributed by atoms with E-state index < -0.39 is 0 Å². The Bertz CT molecular complexity index is 688. The second-order valence-corrected chi connectivity index (χ2v) is 5.82. The highest BCUT2D eigenvalue weighted by atomic mass is 16.5. The minimum absolute atomic E-state index is 0.0667. The fourth-order valence-corrected chi connectivity index (χ4v) is 2.80. The number of carbonyl (C=O) groups excluding carboxylic acids is 1. The van der Waals surface area contributed by atoms with Gasteiger partial charge in [-0.1, -0.05) is 24.3 Å². The van der Waals surface area contributed by atoms with Crippen molar-refractivity contribution in [1.29, 1.82) is 0 Å². The van der Waals surface area contributed by atoms with Gasteiger partial charge < -0.3 is 15.0 Å². The molecule has 126 valence electrons. The lowest BCUT2D eigenvalue weighted by molar-refractivity contribution is 0.0727. The quantitative estimate of drug-likeness (QED) is 0.824. The fourth-order valence-electron chi connectivity index (χ4n) is 2.80. The lowest BCUT2D eigenvalue weighted by atomic mass is 10.00. The van der Waals surface area contributed by atoms with E-state index in [0.29, 0.717) is 31.2 Å². The van der Waals surface area contributed by atoms with Crippen molar-refractivity contribution in [2.24, 2.45) is 0 Å². The maximum Gasteiger partial charge on any atom is 0.274 e. The monoisotopic (exact) mass is 326 g/mol. The standard InChI is InChI=1S/C18H22N4O2/c1-24-12-4-10-19-17-8-7-16(20-21-17)18(23)22-11-9-14-5-2-3-6-15(14)13-22/h2-3,5-8H,4,9-13H2,1H3,(H,19,21). The number of nitrogens with one attached hydrogen (secondary N) is 1. The van der Waals surface area contributed by atoms with Gasteiger partial charge in [0.05, 0.1) is 0 Å². The average Bonchev–Trinajstić information content (AvgIpc) is 2.65. The summed E-state index contributed by atoms with van der Waals surface area (Å²) in [6.45, 7) is 2.81. The Balaban J connectivity index is 1.59. The highest BCUT2D eigenvalue weighted by Crippen LogP contribution is 2.19. The molecule has 3 rings (SSSR count). The van der Waals surface area contributed by atoms with Gasteiger partial charge in [-0.2, -0.15) is 0 Å². The number of carbonyl (C=O) groups is 1. The smallest absolute Gasteiger partial charge is 0.274 e. The molecule has 0 spiro atoms. The maximum absolute atomic E-state index is 12.6. The minimum atomic E-state index is -0.0667. The number of methoxy groups -OCH3 is 1. The number of hydrogen-bond acceptors (Lipinski definition) is 5. The molecule has 2 heterocycles. The number of nitrogens with zero attached hydrogens (tertiary/aromatic N) is 3. The molecular weight excluding hydrogens is 304 g/mol. The van der Waals surface area contributed by atoms with E-state index >= 15 is 0 Å². The zero-order chi connectivity index (χ0) is 16.8. The molecule has 2 aromatic rings. The number of ether oxygens (including phenoxy) is 1. The Hall–Kier alpha value is -2.47. The molecule has 0 fully saturated rings. The van der Waals surface area contributed by atoms with E-state index in [0.717, 1.165) is 19.4 Å². The third kappa shape index (κ3) is 3.89. The number of rotatable bonds is 6. The first-order valence-electron chi connectivity index (χ1n) is 8.20. The summed E-state index contributed by atoms with van der Waals surface area (Å²) in [5, 5.41) is 11.3. The fraction of sp³-hybridized carbons (Fsp3) is 0.389. The van der Waals surface area contributed by atoms with Crippen LogP contribution in [0.15, 0.2) is 36.4 Å². The Labute approximate surface area is 141 Å². The first-order chi connectivity index (χ1) is 11.8. The molecule has 1 amide bonds. The predicted octanol–water partition coefficient (Wildman–Crippen LogP) is 2.12. The van der Waals surface area contributed by atoms with Crippen LogP contribution >= 0.6 is 0 Å². The summed E-state index contributed by atoms with van der Waals surface area (Å²) in [4.78, 5) is 14.4. The third-order valence-electron chi connectivity index (χ3n) is 4.13. The third-order valence-corrected chi connectivity index (χ3v) is 4.13. The molecular formula is C18H22N4O2. The molecule has 1 aliphatic heterocycles. The first kappa shape index (κ1) is 16.4. The number of anilines is 1. The Morgan fingerprint density at radius 2 is 2.04 bits per heavy atom. The van der Waals surface area contributed by atoms with Gasteiger partial charge in [0.25, 0.3) is 5.91 Å². The molecule has 6 nitrogen and oxygen atoms in total. The van der Waals surface area contributed by atoms with Gasteiger partial charge in [0.1, 0.15) is 5.82 Å². The Morgan fingerprint density at radius 3 is 2.79 bits per heavy atom. The van der Waals surface area contributed by atoms with Gasteiger partial charge >= 0.3 is 0 Å². The van der Waals surface area contributed by atoms with Crippen molar-refractivity contribution in [2.75, 3.05) is 32.1 Å². The average molecular weight is 326 g/mol. The molecule has 0 atom stereocenters. The predicted molar refractivity (Wildman–Crippen MR) is 91.9 cm³/mol. The molecule has 1 aliphatic rings. The SMILES string of the molecule is COCCCNc1ccc(C(=O)N2CCc3ccccc3C2)nn1. The van der Waals surface area contributed by atoms with E-state index in [4.69, 9.17) is 4.74 Å². The number of fused-ring (bicyclic) bond motifs is 1. The second kappa shape index (κ2) is 7.88. The molecule has 0 aliphatic carbocycles. The minimum Gasteiger partial charge on any atom is -0.385 e. The number of aromatic nitrogens is 2. The zero-order valence-electron chi connectivity index (χ0n) is 13.9. The highest BCUT2D eigenvalue weighted by Gasteiger charge is 2.22. The van der Waals surface area contributed by atoms with Crippen molar-refractivity contribution in [3.63, 3.8) is 0 Å². The van der Waals surface area contributed by atoms with Crippen LogP contribution in [0, 0.1) is 0 Å². The van der Waals surface area contributed by atoms with Crippen molar-refractivity contribution < 1.29 is 9.53 Å². The van der Waals surface area contributed by atoms with Crippen molar-refractivity contribution >= 4 is 11.7 Å². The molecule has 0 saturated heterocycles. The summed E-state index contributed by atoms with van der Waals surface area (Å²) >= 11 is 0. The molecule has 0 radical (unpaired) electrons. The van der Waals surface area contributed by atoms with Crippen LogP contribution in [0.5, 0.6) is 0 Å². The van der Waals surface area contributed by atoms with Gasteiger partial charge in [-0.15, -0.1) is 10.2 Å². The second-order valence-electron chi connectivity index (χ2n) is 5.82. The van der Waals surface area contributed by atoms with Crippen LogP contribution in [0.1, 0.15) is 28.0 Å². The summed E-state index contributed by atoms with van der Waals surface area (Å²) in [6.07, 6.45) is 1.78. The molecule has 1 aromatic carbocycles. The molecule has 0 bridgehead atoms. The Kier molecular flexibility index (Phi) is 5.38. The number of amides is 1. The molecule has 0 saturated carbocycles. The van der Waals surface area contributed by atoms with Crippen LogP contribution in [0.25, 0.3) is 0 Å². The lowest BCUT2D eigenvalue weighted by Crippen LogP contribution is -2.36. The zero-order valence-corrected chi connectivity index (χ0v) is 13.9. The summed E-state index contributed by atoms with van der Waals surface area (Å²) in [5.41, 5.74) is 2.92. The van der Waals surface area contributed by atoms with E-state index in [-0.39, 0.29) is 5.91 Å². The van der Waals surface area contributed by atoms with E-state index in [9.17, 15) is 4.79 Å². The van der Waals surface area contributed by atoms with Gasteiger partial charge in [0.2, 0.25) is 0 Å². The first-order valence-corrected chi connectivity index (χ1v) is 8.20. The number of hydrogen-bond donors (Lipinski definition) is 1. The van der Waals surface area contributed by atoms with Gasteiger partial charge in [-0.25, -0.2) is 0 Å². The van der Waals surface area contributed by atoms with Crippen molar-refractivity contribution in [3.05, 3.63) is 53.2 Å². The van der Waals surface area contributed by atoms with E-state index in [1.807, 2.05) is 17.0 Å². The van der Waals surface area contributed by atoms with Crippen LogP contribution in [0.4, 0.5) is 5.82 Å². The molecule has 1 aromatic heterocycles. The van der Waals surface area contributed by atoms with E-state index in [1.165, 1.54) is 11.1 Å². The van der Waals surface area contributed by atoms with Crippen molar-refractivity contribution in [1.82, 2.24) is 15.1 Å². The molecule has 1 N–H and O–H groups in total. The number of benzene rings is 1. The van der Waals surface area contributed by atoms with Gasteiger partial charge in [0.15, 0.2) is 5.69 Å². The summed E-state index contributed by atoms with van der Waals surface area (Å²) in [7, 11) is 1.68. The van der Waals surface area contributed by atoms with Crippen LogP contribution in [-0.4, -0.2) is 47.8 Å². The maximum atomic E-state index is 12.6. The van der Waals surface area contributed by atoms with Crippen LogP contribution in [0.3, 0.4) is 0 Å². The van der Waals surface area contributed by atoms with Gasteiger partial charge in [0, 0.05) is 33.4 Å². The molecule has 0 unspecified atom stereocenters. The van der Waals surface area contributed by atoms with Crippen molar-refractivity contribution in [3.8, 4) is 0 Å². The summed E-state index contributed by atoms with van der Waals surface area (Å²) < 4.78 is 5.00. The summed E-state index contributed by atoms with van der Waals surface area (Å²) in [5.74, 6) is 0.606. The topological polar surface area (TPSA) is 67.3 Å². The van der Waals surface area contributed by atoms with E-state index in [2.05, 4.69) is 27.6 Å². The van der Waals surface area contributed by atoms with Gasteiger partial charge in [-0.05, 0) is 36.1 Å². The normalized spacial score (nSPS) is 13.5. The molecule has 6 heteroatoms.